The van der Waals surface area contributed by atoms with Crippen LogP contribution in [0.3, 0.4) is 0 Å². The van der Waals surface area contributed by atoms with Crippen molar-refractivity contribution in [1.82, 2.24) is 4.98 Å². The van der Waals surface area contributed by atoms with E-state index in [0.29, 0.717) is 9.90 Å². The molecule has 9 heteroatoms. The average molecular weight is 326 g/mol. The molecule has 0 unspecified atom stereocenters. The minimum absolute atomic E-state index is 0.266. The van der Waals surface area contributed by atoms with Crippen LogP contribution in [-0.4, -0.2) is 4.98 Å². The highest BCUT2D eigenvalue weighted by molar-refractivity contribution is 8.00. The fourth-order valence-electron chi connectivity index (χ4n) is 1.45. The number of nitrogen functional groups attached to an aromatic ring is 1. The maximum absolute atomic E-state index is 13.4. The summed E-state index contributed by atoms with van der Waals surface area (Å²) in [5, 5.41) is 0.266. The van der Waals surface area contributed by atoms with Gasteiger partial charge in [-0.05, 0) is 6.92 Å². The van der Waals surface area contributed by atoms with E-state index in [1.54, 1.807) is 6.92 Å². The first-order chi connectivity index (χ1) is 9.32. The van der Waals surface area contributed by atoms with Crippen LogP contribution in [0.25, 0.3) is 0 Å². The first kappa shape index (κ1) is 15.0. The quantitative estimate of drug-likeness (QED) is 0.401. The van der Waals surface area contributed by atoms with E-state index in [0.717, 1.165) is 23.1 Å². The van der Waals surface area contributed by atoms with Crippen molar-refractivity contribution in [2.45, 2.75) is 16.9 Å². The number of rotatable bonds is 3. The monoisotopic (exact) mass is 326 g/mol. The number of anilines is 1. The standard InChI is InChI=1S/C11H7F5N2S2/c1-3-10(20-11(17)18-3)19-2-4-5(12)7(14)9(16)8(15)6(4)13/h2H2,1H3,(H2,17,18). The van der Waals surface area contributed by atoms with Gasteiger partial charge in [0, 0.05) is 11.3 Å². The molecule has 2 nitrogen and oxygen atoms in total. The van der Waals surface area contributed by atoms with Crippen molar-refractivity contribution in [3.8, 4) is 0 Å². The first-order valence-electron chi connectivity index (χ1n) is 5.19. The fraction of sp³-hybridized carbons (Fsp3) is 0.182. The zero-order valence-electron chi connectivity index (χ0n) is 9.94. The molecule has 0 atom stereocenters. The third kappa shape index (κ3) is 2.59. The minimum Gasteiger partial charge on any atom is -0.375 e. The van der Waals surface area contributed by atoms with Crippen molar-refractivity contribution in [3.63, 3.8) is 0 Å². The predicted octanol–water partition coefficient (Wildman–Crippen LogP) is 4.02. The summed E-state index contributed by atoms with van der Waals surface area (Å²) in [7, 11) is 0. The number of benzene rings is 1. The largest absolute Gasteiger partial charge is 0.375 e. The highest BCUT2D eigenvalue weighted by Gasteiger charge is 2.25. The van der Waals surface area contributed by atoms with Crippen LogP contribution >= 0.6 is 23.1 Å². The van der Waals surface area contributed by atoms with Crippen LogP contribution < -0.4 is 5.73 Å². The summed E-state index contributed by atoms with van der Waals surface area (Å²) in [6.07, 6.45) is 0. The van der Waals surface area contributed by atoms with E-state index < -0.39 is 40.4 Å². The molecular weight excluding hydrogens is 319 g/mol. The van der Waals surface area contributed by atoms with E-state index in [9.17, 15) is 22.0 Å². The Bertz CT molecular complexity index is 642. The molecule has 0 spiro atoms. The van der Waals surface area contributed by atoms with Gasteiger partial charge in [-0.25, -0.2) is 26.9 Å². The van der Waals surface area contributed by atoms with Crippen LogP contribution in [0.15, 0.2) is 4.21 Å². The lowest BCUT2D eigenvalue weighted by Gasteiger charge is -2.07. The Balaban J connectivity index is 2.33. The van der Waals surface area contributed by atoms with E-state index >= 15 is 0 Å². The summed E-state index contributed by atoms with van der Waals surface area (Å²) in [5.41, 5.74) is 5.13. The molecule has 1 heterocycles. The van der Waals surface area contributed by atoms with Gasteiger partial charge in [0.1, 0.15) is 0 Å². The molecular formula is C11H7F5N2S2. The fourth-order valence-corrected chi connectivity index (χ4v) is 3.47. The lowest BCUT2D eigenvalue weighted by Crippen LogP contribution is -2.06. The van der Waals surface area contributed by atoms with Crippen molar-refractivity contribution >= 4 is 28.2 Å². The number of thiazole rings is 1. The van der Waals surface area contributed by atoms with Crippen LogP contribution in [-0.2, 0) is 5.75 Å². The van der Waals surface area contributed by atoms with Crippen LogP contribution in [0.1, 0.15) is 11.3 Å². The van der Waals surface area contributed by atoms with Gasteiger partial charge in [0.15, 0.2) is 28.4 Å². The number of nitrogens with zero attached hydrogens (tertiary/aromatic N) is 1. The molecule has 0 amide bonds. The van der Waals surface area contributed by atoms with Gasteiger partial charge < -0.3 is 5.73 Å². The zero-order chi connectivity index (χ0) is 15.0. The second kappa shape index (κ2) is 5.57. The highest BCUT2D eigenvalue weighted by atomic mass is 32.2. The number of hydrogen-bond acceptors (Lipinski definition) is 4. The Kier molecular flexibility index (Phi) is 4.19. The summed E-state index contributed by atoms with van der Waals surface area (Å²) >= 11 is 1.99. The first-order valence-corrected chi connectivity index (χ1v) is 6.99. The number of aromatic nitrogens is 1. The molecule has 2 rings (SSSR count). The van der Waals surface area contributed by atoms with E-state index in [2.05, 4.69) is 4.98 Å². The van der Waals surface area contributed by atoms with Gasteiger partial charge in [0.25, 0.3) is 0 Å². The number of halogens is 5. The predicted molar refractivity (Wildman–Crippen MR) is 67.1 cm³/mol. The second-order valence-electron chi connectivity index (χ2n) is 3.76. The molecule has 0 bridgehead atoms. The van der Waals surface area contributed by atoms with E-state index in [1.165, 1.54) is 0 Å². The van der Waals surface area contributed by atoms with Crippen LogP contribution in [0.5, 0.6) is 0 Å². The molecule has 0 saturated carbocycles. The number of nitrogens with two attached hydrogens (primary N) is 1. The van der Waals surface area contributed by atoms with E-state index in [1.807, 2.05) is 0 Å². The number of thioether (sulfide) groups is 1. The minimum atomic E-state index is -2.16. The smallest absolute Gasteiger partial charge is 0.200 e. The SMILES string of the molecule is Cc1nc(N)sc1SCc1c(F)c(F)c(F)c(F)c1F. The zero-order valence-corrected chi connectivity index (χ0v) is 11.6. The van der Waals surface area contributed by atoms with Gasteiger partial charge in [-0.15, -0.1) is 11.8 Å². The van der Waals surface area contributed by atoms with Crippen molar-refractivity contribution in [2.75, 3.05) is 5.73 Å². The summed E-state index contributed by atoms with van der Waals surface area (Å²) < 4.78 is 66.3. The van der Waals surface area contributed by atoms with Gasteiger partial charge >= 0.3 is 0 Å². The maximum Gasteiger partial charge on any atom is 0.200 e. The van der Waals surface area contributed by atoms with Gasteiger partial charge in [-0.3, -0.25) is 0 Å². The van der Waals surface area contributed by atoms with E-state index in [4.69, 9.17) is 5.73 Å². The second-order valence-corrected chi connectivity index (χ2v) is 6.04. The van der Waals surface area contributed by atoms with Crippen LogP contribution in [0.4, 0.5) is 27.1 Å². The Morgan fingerprint density at radius 1 is 1.00 bits per heavy atom. The Hall–Kier alpha value is -1.35. The van der Waals surface area contributed by atoms with Gasteiger partial charge in [-0.1, -0.05) is 11.3 Å². The molecule has 108 valence electrons. The number of hydrogen-bond donors (Lipinski definition) is 1. The molecule has 1 aromatic carbocycles. The molecule has 1 aromatic heterocycles. The Morgan fingerprint density at radius 2 is 1.50 bits per heavy atom. The van der Waals surface area contributed by atoms with Crippen molar-refractivity contribution < 1.29 is 22.0 Å². The highest BCUT2D eigenvalue weighted by Crippen LogP contribution is 2.35. The lowest BCUT2D eigenvalue weighted by atomic mass is 10.2. The molecule has 0 fully saturated rings. The summed E-state index contributed by atoms with van der Waals surface area (Å²) in [6.45, 7) is 1.63. The van der Waals surface area contributed by atoms with Crippen molar-refractivity contribution in [3.05, 3.63) is 40.3 Å². The molecule has 0 aliphatic heterocycles. The summed E-state index contributed by atoms with van der Waals surface area (Å²) in [5.74, 6) is -10.1. The maximum atomic E-state index is 13.4. The Labute approximate surface area is 118 Å². The Morgan fingerprint density at radius 3 is 1.95 bits per heavy atom. The molecule has 0 aliphatic rings. The third-order valence-electron chi connectivity index (χ3n) is 2.42. The van der Waals surface area contributed by atoms with Crippen molar-refractivity contribution in [2.24, 2.45) is 0 Å². The molecule has 0 aliphatic carbocycles. The van der Waals surface area contributed by atoms with Crippen LogP contribution in [0, 0.1) is 36.0 Å². The topological polar surface area (TPSA) is 38.9 Å². The molecule has 0 radical (unpaired) electrons. The van der Waals surface area contributed by atoms with Crippen molar-refractivity contribution in [1.29, 1.82) is 0 Å². The van der Waals surface area contributed by atoms with E-state index in [-0.39, 0.29) is 5.13 Å². The molecule has 2 N–H and O–H groups in total. The normalized spacial score (nSPS) is 11.1. The lowest BCUT2D eigenvalue weighted by molar-refractivity contribution is 0.372. The van der Waals surface area contributed by atoms with Gasteiger partial charge in [-0.2, -0.15) is 0 Å². The van der Waals surface area contributed by atoms with Gasteiger partial charge in [0.2, 0.25) is 5.82 Å². The summed E-state index contributed by atoms with van der Waals surface area (Å²) in [4.78, 5) is 3.90. The molecule has 2 aromatic rings. The number of aryl methyl sites for hydroxylation is 1. The average Bonchev–Trinajstić information content (AvgIpc) is 2.72. The van der Waals surface area contributed by atoms with Gasteiger partial charge in [0.05, 0.1) is 9.90 Å². The third-order valence-corrected chi connectivity index (χ3v) is 4.79. The molecule has 0 saturated heterocycles. The molecule has 20 heavy (non-hydrogen) atoms. The summed E-state index contributed by atoms with van der Waals surface area (Å²) in [6, 6.07) is 0. The van der Waals surface area contributed by atoms with Crippen LogP contribution in [0.2, 0.25) is 0 Å².